The zero-order chi connectivity index (χ0) is 13.5. The van der Waals surface area contributed by atoms with E-state index in [1.807, 2.05) is 31.7 Å². The molecule has 4 heteroatoms. The molecule has 1 heterocycles. The van der Waals surface area contributed by atoms with Gasteiger partial charge in [-0.3, -0.25) is 9.59 Å². The number of carbonyl (C=O) groups excluding carboxylic acids is 2. The summed E-state index contributed by atoms with van der Waals surface area (Å²) in [4.78, 5) is 25.6. The molecule has 0 unspecified atom stereocenters. The van der Waals surface area contributed by atoms with E-state index in [2.05, 4.69) is 5.32 Å². The lowest BCUT2D eigenvalue weighted by molar-refractivity contribution is -0.132. The number of amides is 2. The van der Waals surface area contributed by atoms with Crippen LogP contribution in [0.15, 0.2) is 11.6 Å². The number of allylic oxidation sites excluding steroid dienone is 1. The lowest BCUT2D eigenvalue weighted by Crippen LogP contribution is -2.43. The summed E-state index contributed by atoms with van der Waals surface area (Å²) in [5.41, 5.74) is 0.814. The first-order valence-electron chi connectivity index (χ1n) is 6.83. The molecule has 0 aromatic carbocycles. The quantitative estimate of drug-likeness (QED) is 0.774. The second kappa shape index (κ2) is 7.19. The van der Waals surface area contributed by atoms with Crippen LogP contribution in [0, 0.1) is 5.92 Å². The molecule has 1 fully saturated rings. The Balaban J connectivity index is 2.46. The van der Waals surface area contributed by atoms with Crippen LogP contribution in [0.4, 0.5) is 0 Å². The molecule has 1 saturated heterocycles. The number of hydrogen-bond donors (Lipinski definition) is 1. The first-order chi connectivity index (χ1) is 8.60. The van der Waals surface area contributed by atoms with Gasteiger partial charge >= 0.3 is 0 Å². The van der Waals surface area contributed by atoms with Crippen molar-refractivity contribution in [3.63, 3.8) is 0 Å². The minimum Gasteiger partial charge on any atom is -0.356 e. The van der Waals surface area contributed by atoms with Crippen molar-refractivity contribution in [2.75, 3.05) is 19.6 Å². The Morgan fingerprint density at radius 1 is 1.28 bits per heavy atom. The van der Waals surface area contributed by atoms with Crippen LogP contribution in [0.1, 0.15) is 40.0 Å². The molecule has 0 atom stereocenters. The molecule has 0 radical (unpaired) electrons. The molecule has 2 amide bonds. The molecule has 1 aliphatic heterocycles. The maximum Gasteiger partial charge on any atom is 0.249 e. The van der Waals surface area contributed by atoms with Gasteiger partial charge in [-0.1, -0.05) is 13.0 Å². The van der Waals surface area contributed by atoms with E-state index in [0.29, 0.717) is 19.6 Å². The van der Waals surface area contributed by atoms with E-state index in [9.17, 15) is 9.59 Å². The monoisotopic (exact) mass is 252 g/mol. The third-order valence-corrected chi connectivity index (χ3v) is 3.35. The van der Waals surface area contributed by atoms with Crippen molar-refractivity contribution < 1.29 is 9.59 Å². The number of nitrogens with one attached hydrogen (secondary N) is 1. The number of nitrogens with zero attached hydrogens (tertiary/aromatic N) is 1. The zero-order valence-electron chi connectivity index (χ0n) is 11.7. The van der Waals surface area contributed by atoms with Crippen LogP contribution in [0.3, 0.4) is 0 Å². The maximum atomic E-state index is 12.0. The van der Waals surface area contributed by atoms with Gasteiger partial charge in [0.1, 0.15) is 0 Å². The first-order valence-corrected chi connectivity index (χ1v) is 6.83. The number of hydrogen-bond acceptors (Lipinski definition) is 2. The van der Waals surface area contributed by atoms with Gasteiger partial charge in [-0.15, -0.1) is 0 Å². The molecule has 102 valence electrons. The Labute approximate surface area is 109 Å². The van der Waals surface area contributed by atoms with Crippen LogP contribution in [0.2, 0.25) is 0 Å². The Morgan fingerprint density at radius 3 is 2.39 bits per heavy atom. The summed E-state index contributed by atoms with van der Waals surface area (Å²) in [5.74, 6) is 0.320. The van der Waals surface area contributed by atoms with Crippen molar-refractivity contribution in [3.8, 4) is 0 Å². The van der Waals surface area contributed by atoms with Gasteiger partial charge in [0.2, 0.25) is 11.8 Å². The maximum absolute atomic E-state index is 12.0. The van der Waals surface area contributed by atoms with Crippen molar-refractivity contribution in [3.05, 3.63) is 11.6 Å². The summed E-state index contributed by atoms with van der Waals surface area (Å²) in [7, 11) is 0. The fourth-order valence-corrected chi connectivity index (χ4v) is 2.31. The fraction of sp³-hybridized carbons (Fsp3) is 0.714. The van der Waals surface area contributed by atoms with E-state index in [4.69, 9.17) is 0 Å². The molecule has 0 spiro atoms. The fourth-order valence-electron chi connectivity index (χ4n) is 2.31. The Kier molecular flexibility index (Phi) is 5.89. The average Bonchev–Trinajstić information content (AvgIpc) is 2.38. The van der Waals surface area contributed by atoms with Crippen LogP contribution in [0.25, 0.3) is 0 Å². The van der Waals surface area contributed by atoms with Gasteiger partial charge in [0.15, 0.2) is 0 Å². The smallest absolute Gasteiger partial charge is 0.249 e. The van der Waals surface area contributed by atoms with E-state index >= 15 is 0 Å². The van der Waals surface area contributed by atoms with Crippen molar-refractivity contribution in [1.82, 2.24) is 10.2 Å². The molecule has 1 rings (SSSR count). The second-order valence-corrected chi connectivity index (χ2v) is 4.76. The van der Waals surface area contributed by atoms with Gasteiger partial charge in [-0.05, 0) is 33.1 Å². The predicted molar refractivity (Wildman–Crippen MR) is 72.0 cm³/mol. The highest BCUT2D eigenvalue weighted by atomic mass is 16.2. The van der Waals surface area contributed by atoms with Crippen molar-refractivity contribution in [2.24, 2.45) is 5.92 Å². The van der Waals surface area contributed by atoms with E-state index in [1.165, 1.54) is 0 Å². The summed E-state index contributed by atoms with van der Waals surface area (Å²) in [6.07, 6.45) is 4.39. The molecule has 1 N–H and O–H groups in total. The van der Waals surface area contributed by atoms with Crippen molar-refractivity contribution in [2.45, 2.75) is 40.0 Å². The Bertz CT molecular complexity index is 329. The third-order valence-electron chi connectivity index (χ3n) is 3.35. The van der Waals surface area contributed by atoms with Gasteiger partial charge in [-0.25, -0.2) is 0 Å². The molecular weight excluding hydrogens is 228 g/mol. The number of carbonyl (C=O) groups is 2. The third kappa shape index (κ3) is 3.86. The molecule has 0 bridgehead atoms. The molecular formula is C14H24N2O2. The minimum atomic E-state index is 0.0736. The number of rotatable bonds is 4. The molecule has 1 aliphatic rings. The minimum absolute atomic E-state index is 0.0736. The lowest BCUT2D eigenvalue weighted by Gasteiger charge is -2.31. The van der Waals surface area contributed by atoms with E-state index in [0.717, 1.165) is 24.8 Å². The number of piperidine rings is 1. The van der Waals surface area contributed by atoms with Crippen molar-refractivity contribution in [1.29, 1.82) is 0 Å². The van der Waals surface area contributed by atoms with Crippen LogP contribution < -0.4 is 5.32 Å². The van der Waals surface area contributed by atoms with Crippen molar-refractivity contribution >= 4 is 11.8 Å². The van der Waals surface area contributed by atoms with E-state index < -0.39 is 0 Å². The lowest BCUT2D eigenvalue weighted by atomic mass is 9.95. The SMILES string of the molecule is CC/C=C(\C)C(=O)N1CCC(C(=O)NCC)CC1. The summed E-state index contributed by atoms with van der Waals surface area (Å²) in [5, 5.41) is 2.85. The Hall–Kier alpha value is -1.32. The largest absolute Gasteiger partial charge is 0.356 e. The number of likely N-dealkylation sites (tertiary alicyclic amines) is 1. The zero-order valence-corrected chi connectivity index (χ0v) is 11.7. The molecule has 0 aromatic heterocycles. The molecule has 4 nitrogen and oxygen atoms in total. The van der Waals surface area contributed by atoms with Gasteiger partial charge in [0.25, 0.3) is 0 Å². The van der Waals surface area contributed by atoms with Gasteiger partial charge in [0.05, 0.1) is 0 Å². The van der Waals surface area contributed by atoms with E-state index in [1.54, 1.807) is 0 Å². The summed E-state index contributed by atoms with van der Waals surface area (Å²) < 4.78 is 0. The molecule has 18 heavy (non-hydrogen) atoms. The Morgan fingerprint density at radius 2 is 1.89 bits per heavy atom. The highest BCUT2D eigenvalue weighted by molar-refractivity contribution is 5.93. The summed E-state index contributed by atoms with van der Waals surface area (Å²) >= 11 is 0. The molecule has 0 aromatic rings. The van der Waals surface area contributed by atoms with E-state index in [-0.39, 0.29) is 17.7 Å². The second-order valence-electron chi connectivity index (χ2n) is 4.76. The average molecular weight is 252 g/mol. The topological polar surface area (TPSA) is 49.4 Å². The predicted octanol–water partition coefficient (Wildman–Crippen LogP) is 1.72. The highest BCUT2D eigenvalue weighted by Crippen LogP contribution is 2.18. The molecule has 0 aliphatic carbocycles. The standard InChI is InChI=1S/C14H24N2O2/c1-4-6-11(3)14(18)16-9-7-12(8-10-16)13(17)15-5-2/h6,12H,4-5,7-10H2,1-3H3,(H,15,17)/b11-6+. The van der Waals surface area contributed by atoms with Crippen LogP contribution >= 0.6 is 0 Å². The van der Waals surface area contributed by atoms with Crippen LogP contribution in [0.5, 0.6) is 0 Å². The summed E-state index contributed by atoms with van der Waals surface area (Å²) in [6.45, 7) is 7.87. The molecule has 0 saturated carbocycles. The van der Waals surface area contributed by atoms with Crippen LogP contribution in [-0.2, 0) is 9.59 Å². The van der Waals surface area contributed by atoms with Crippen LogP contribution in [-0.4, -0.2) is 36.3 Å². The van der Waals surface area contributed by atoms with Gasteiger partial charge in [0, 0.05) is 31.1 Å². The van der Waals surface area contributed by atoms with Gasteiger partial charge in [-0.2, -0.15) is 0 Å². The highest BCUT2D eigenvalue weighted by Gasteiger charge is 2.27. The first kappa shape index (κ1) is 14.7. The normalized spacial score (nSPS) is 17.7. The van der Waals surface area contributed by atoms with Gasteiger partial charge < -0.3 is 10.2 Å². The summed E-state index contributed by atoms with van der Waals surface area (Å²) in [6, 6.07) is 0.